The van der Waals surface area contributed by atoms with E-state index in [1.165, 1.54) is 16.7 Å². The molecule has 46 heavy (non-hydrogen) atoms. The Kier molecular flexibility index (Phi) is 6.65. The molecule has 3 aromatic heterocycles. The number of fused-ring (bicyclic) bond motifs is 2. The molecule has 0 bridgehead atoms. The van der Waals surface area contributed by atoms with E-state index in [1.807, 2.05) is 12.1 Å². The first-order chi connectivity index (χ1) is 22.1. The number of hydrogen-bond acceptors (Lipinski definition) is 12. The van der Waals surface area contributed by atoms with E-state index >= 15 is 0 Å². The third-order valence-electron chi connectivity index (χ3n) is 7.73. The summed E-state index contributed by atoms with van der Waals surface area (Å²) in [5.74, 6) is -1.90. The normalized spacial score (nSPS) is 14.0. The topological polar surface area (TPSA) is 240 Å². The molecule has 0 saturated heterocycles. The summed E-state index contributed by atoms with van der Waals surface area (Å²) in [7, 11) is 0. The van der Waals surface area contributed by atoms with Gasteiger partial charge < -0.3 is 26.8 Å². The summed E-state index contributed by atoms with van der Waals surface area (Å²) in [4.78, 5) is 71.9. The number of benzene rings is 2. The van der Waals surface area contributed by atoms with Crippen LogP contribution in [0.5, 0.6) is 5.88 Å². The number of nitrogen functional groups attached to an aromatic ring is 1. The summed E-state index contributed by atoms with van der Waals surface area (Å²) >= 11 is 0. The van der Waals surface area contributed by atoms with Crippen LogP contribution in [0.3, 0.4) is 0 Å². The molecule has 1 aliphatic rings. The van der Waals surface area contributed by atoms with E-state index < -0.39 is 28.4 Å². The third-order valence-corrected chi connectivity index (χ3v) is 7.73. The number of carbonyl (C=O) groups is 2. The summed E-state index contributed by atoms with van der Waals surface area (Å²) in [5, 5.41) is 22.3. The second-order valence-electron chi connectivity index (χ2n) is 10.7. The number of carbonyl (C=O) groups excluding carboxylic acids is 2. The van der Waals surface area contributed by atoms with Crippen molar-refractivity contribution < 1.29 is 19.2 Å². The highest BCUT2D eigenvalue weighted by molar-refractivity contribution is 5.98. The van der Waals surface area contributed by atoms with Crippen LogP contribution in [0, 0.1) is 0 Å². The Hall–Kier alpha value is -6.58. The fourth-order valence-corrected chi connectivity index (χ4v) is 5.46. The zero-order chi connectivity index (χ0) is 32.1. The maximum atomic E-state index is 13.4. The lowest BCUT2D eigenvalue weighted by Crippen LogP contribution is -2.36. The Morgan fingerprint density at radius 3 is 2.70 bits per heavy atom. The first kappa shape index (κ1) is 28.2. The molecule has 7 N–H and O–H groups in total. The predicted molar refractivity (Wildman–Crippen MR) is 162 cm³/mol. The molecule has 3 aromatic carbocycles. The van der Waals surface area contributed by atoms with Crippen molar-refractivity contribution in [2.24, 2.45) is 0 Å². The lowest BCUT2D eigenvalue weighted by atomic mass is 10.0. The number of aromatic hydroxyl groups is 1. The van der Waals surface area contributed by atoms with Gasteiger partial charge >= 0.3 is 5.76 Å². The maximum Gasteiger partial charge on any atom is 0.439 e. The van der Waals surface area contributed by atoms with Crippen molar-refractivity contribution in [2.75, 3.05) is 11.1 Å². The van der Waals surface area contributed by atoms with Crippen LogP contribution in [0.4, 0.5) is 17.1 Å². The van der Waals surface area contributed by atoms with E-state index in [0.29, 0.717) is 35.5 Å². The third kappa shape index (κ3) is 5.02. The van der Waals surface area contributed by atoms with Gasteiger partial charge in [0.1, 0.15) is 22.8 Å². The fraction of sp³-hybridized carbons (Fsp3) is 0.133. The number of aryl methyl sites for hydroxylation is 1. The van der Waals surface area contributed by atoms with E-state index in [1.54, 1.807) is 30.3 Å². The van der Waals surface area contributed by atoms with Crippen molar-refractivity contribution >= 4 is 34.7 Å². The van der Waals surface area contributed by atoms with Crippen molar-refractivity contribution in [3.63, 3.8) is 0 Å². The second kappa shape index (κ2) is 10.8. The molecule has 1 atom stereocenters. The SMILES string of the molecule is Nc1c(Nc2cccc(CNC(=O)c3cc(C(=O)N[C@H]4CCc5cc(-c6noc(=O)[nH]6)ccc54)nc4nc(O)cn34)c2)c(=O)c1=O. The molecule has 0 radical (unpaired) electrons. The molecule has 3 heterocycles. The number of rotatable bonds is 8. The van der Waals surface area contributed by atoms with Gasteiger partial charge in [0.05, 0.1) is 12.2 Å². The van der Waals surface area contributed by atoms with Crippen LogP contribution in [0.25, 0.3) is 17.2 Å². The Morgan fingerprint density at radius 1 is 1.07 bits per heavy atom. The maximum absolute atomic E-state index is 13.4. The number of aromatic amines is 1. The van der Waals surface area contributed by atoms with Crippen LogP contribution in [0.15, 0.2) is 73.6 Å². The summed E-state index contributed by atoms with van der Waals surface area (Å²) in [6.07, 6.45) is 2.49. The van der Waals surface area contributed by atoms with Crippen molar-refractivity contribution in [3.8, 4) is 17.3 Å². The first-order valence-electron chi connectivity index (χ1n) is 14.0. The lowest BCUT2D eigenvalue weighted by Gasteiger charge is -2.15. The van der Waals surface area contributed by atoms with E-state index in [0.717, 1.165) is 11.1 Å². The van der Waals surface area contributed by atoms with E-state index in [2.05, 4.69) is 40.6 Å². The van der Waals surface area contributed by atoms with Gasteiger partial charge in [0.25, 0.3) is 22.7 Å². The Morgan fingerprint density at radius 2 is 1.91 bits per heavy atom. The zero-order valence-corrected chi connectivity index (χ0v) is 23.7. The van der Waals surface area contributed by atoms with Crippen LogP contribution in [0.2, 0.25) is 0 Å². The van der Waals surface area contributed by atoms with Crippen LogP contribution >= 0.6 is 0 Å². The molecule has 0 unspecified atom stereocenters. The van der Waals surface area contributed by atoms with E-state index in [4.69, 9.17) is 5.73 Å². The molecule has 0 spiro atoms. The summed E-state index contributed by atoms with van der Waals surface area (Å²) < 4.78 is 5.86. The highest BCUT2D eigenvalue weighted by atomic mass is 16.5. The lowest BCUT2D eigenvalue weighted by molar-refractivity contribution is 0.0931. The highest BCUT2D eigenvalue weighted by Crippen LogP contribution is 2.33. The van der Waals surface area contributed by atoms with Gasteiger partial charge in [0.15, 0.2) is 5.82 Å². The quantitative estimate of drug-likeness (QED) is 0.131. The Bertz CT molecular complexity index is 2330. The summed E-state index contributed by atoms with van der Waals surface area (Å²) in [6, 6.07) is 13.3. The first-order valence-corrected chi connectivity index (χ1v) is 14.0. The molecule has 6 aromatic rings. The number of amides is 2. The van der Waals surface area contributed by atoms with E-state index in [9.17, 15) is 29.1 Å². The molecule has 16 nitrogen and oxygen atoms in total. The largest absolute Gasteiger partial charge is 0.492 e. The molecule has 16 heteroatoms. The average molecular weight is 622 g/mol. The van der Waals surface area contributed by atoms with Crippen molar-refractivity contribution in [1.82, 2.24) is 35.1 Å². The molecular weight excluding hydrogens is 598 g/mol. The zero-order valence-electron chi connectivity index (χ0n) is 23.7. The van der Waals surface area contributed by atoms with Gasteiger partial charge in [-0.05, 0) is 53.8 Å². The number of imidazole rings is 1. The number of hydrogen-bond donors (Lipinski definition) is 6. The van der Waals surface area contributed by atoms with Crippen molar-refractivity contribution in [2.45, 2.75) is 25.4 Å². The van der Waals surface area contributed by atoms with Gasteiger partial charge in [-0.3, -0.25) is 33.1 Å². The van der Waals surface area contributed by atoms with Gasteiger partial charge in [-0.1, -0.05) is 29.4 Å². The highest BCUT2D eigenvalue weighted by Gasteiger charge is 2.27. The fourth-order valence-electron chi connectivity index (χ4n) is 5.46. The number of anilines is 3. The monoisotopic (exact) mass is 621 g/mol. The summed E-state index contributed by atoms with van der Waals surface area (Å²) in [6.45, 7) is 0.0604. The number of aromatic nitrogens is 5. The molecule has 230 valence electrons. The minimum atomic E-state index is -0.737. The molecule has 0 fully saturated rings. The number of H-pyrrole nitrogens is 1. The molecular formula is C30H23N9O7. The molecule has 1 aliphatic carbocycles. The van der Waals surface area contributed by atoms with Gasteiger partial charge in [-0.2, -0.15) is 4.98 Å². The average Bonchev–Trinajstić information content (AvgIpc) is 3.78. The smallest absolute Gasteiger partial charge is 0.439 e. The Labute approximate surface area is 256 Å². The van der Waals surface area contributed by atoms with Gasteiger partial charge in [0.2, 0.25) is 11.7 Å². The van der Waals surface area contributed by atoms with Crippen LogP contribution in [-0.2, 0) is 13.0 Å². The van der Waals surface area contributed by atoms with Crippen molar-refractivity contribution in [1.29, 1.82) is 0 Å². The molecule has 0 aliphatic heterocycles. The Balaban J connectivity index is 1.08. The van der Waals surface area contributed by atoms with Gasteiger partial charge in [-0.25, -0.2) is 9.78 Å². The van der Waals surface area contributed by atoms with Gasteiger partial charge in [0, 0.05) is 17.8 Å². The number of nitrogens with two attached hydrogens (primary N) is 1. The van der Waals surface area contributed by atoms with Gasteiger partial charge in [-0.15, -0.1) is 0 Å². The number of nitrogens with one attached hydrogen (secondary N) is 4. The minimum absolute atomic E-state index is 0.00630. The van der Waals surface area contributed by atoms with Crippen LogP contribution in [-0.4, -0.2) is 41.4 Å². The predicted octanol–water partition coefficient (Wildman–Crippen LogP) is 1.05. The van der Waals surface area contributed by atoms with Crippen molar-refractivity contribution in [3.05, 3.63) is 114 Å². The van der Waals surface area contributed by atoms with Crippen LogP contribution < -0.4 is 38.3 Å². The van der Waals surface area contributed by atoms with E-state index in [-0.39, 0.29) is 47.0 Å². The molecule has 7 rings (SSSR count). The number of nitrogens with zero attached hydrogens (tertiary/aromatic N) is 4. The standard InChI is InChI=1S/C30H23N9O7/c31-22-23(25(42)24(22)41)33-16-3-1-2-13(8-16)11-32-28(44)20-10-19(35-29-36-21(40)12-39(20)29)27(43)34-18-7-5-14-9-15(4-6-17(14)18)26-37-30(45)46-38-26/h1-4,6,8-10,12,18,33,40H,5,7,11,31H2,(H,32,44)(H,34,43)(H,37,38,45)/t18-/m0/s1. The molecule has 0 saturated carbocycles. The summed E-state index contributed by atoms with van der Waals surface area (Å²) in [5.41, 5.74) is 7.66. The molecule has 2 amide bonds. The second-order valence-corrected chi connectivity index (χ2v) is 10.7. The minimum Gasteiger partial charge on any atom is -0.492 e. The van der Waals surface area contributed by atoms with Crippen LogP contribution in [0.1, 0.15) is 50.1 Å².